The molecule has 1 fully saturated rings. The van der Waals surface area contributed by atoms with Gasteiger partial charge in [0.25, 0.3) is 10.2 Å². The zero-order valence-electron chi connectivity index (χ0n) is 16.5. The number of hydrogen-bond acceptors (Lipinski definition) is 3. The number of rotatable bonds is 7. The standard InChI is InChI=1S/C21H28ClN3O2S/c1-3-24(4-2)28(26,27)25-13-5-6-19(16-25)21-12-9-18(15-23-21)14-17-7-10-20(22)11-8-17/h7-12,15,19H,3-6,13-14,16H2,1-2H3/t19-/m1/s1. The smallest absolute Gasteiger partial charge is 0.261 e. The van der Waals surface area contributed by atoms with Crippen molar-refractivity contribution in [2.24, 2.45) is 0 Å². The van der Waals surface area contributed by atoms with Gasteiger partial charge in [-0.15, -0.1) is 0 Å². The van der Waals surface area contributed by atoms with Crippen molar-refractivity contribution >= 4 is 21.8 Å². The van der Waals surface area contributed by atoms with Gasteiger partial charge >= 0.3 is 0 Å². The van der Waals surface area contributed by atoms with Gasteiger partial charge in [0.15, 0.2) is 0 Å². The van der Waals surface area contributed by atoms with Crippen LogP contribution in [0.15, 0.2) is 42.6 Å². The summed E-state index contributed by atoms with van der Waals surface area (Å²) in [6, 6.07) is 12.0. The van der Waals surface area contributed by atoms with Gasteiger partial charge in [-0.05, 0) is 48.6 Å². The van der Waals surface area contributed by atoms with Crippen LogP contribution in [0.1, 0.15) is 49.4 Å². The van der Waals surface area contributed by atoms with Gasteiger partial charge in [0.1, 0.15) is 0 Å². The van der Waals surface area contributed by atoms with E-state index in [2.05, 4.69) is 11.1 Å². The van der Waals surface area contributed by atoms with Crippen LogP contribution in [0.5, 0.6) is 0 Å². The molecule has 2 heterocycles. The summed E-state index contributed by atoms with van der Waals surface area (Å²) in [6.07, 6.45) is 4.53. The molecule has 0 saturated carbocycles. The maximum absolute atomic E-state index is 12.8. The number of benzene rings is 1. The number of halogens is 1. The fourth-order valence-corrected chi connectivity index (χ4v) is 5.56. The molecule has 1 saturated heterocycles. The number of pyridine rings is 1. The molecule has 1 aromatic heterocycles. The molecule has 0 radical (unpaired) electrons. The van der Waals surface area contributed by atoms with Crippen LogP contribution in [0.2, 0.25) is 5.02 Å². The fourth-order valence-electron chi connectivity index (χ4n) is 3.73. The highest BCUT2D eigenvalue weighted by Crippen LogP contribution is 2.28. The van der Waals surface area contributed by atoms with Crippen LogP contribution < -0.4 is 0 Å². The van der Waals surface area contributed by atoms with Crippen LogP contribution in [0.3, 0.4) is 0 Å². The van der Waals surface area contributed by atoms with Gasteiger partial charge in [0.2, 0.25) is 0 Å². The van der Waals surface area contributed by atoms with Crippen molar-refractivity contribution in [2.45, 2.75) is 39.0 Å². The van der Waals surface area contributed by atoms with Crippen LogP contribution >= 0.6 is 11.6 Å². The monoisotopic (exact) mass is 421 g/mol. The summed E-state index contributed by atoms with van der Waals surface area (Å²) < 4.78 is 28.8. The van der Waals surface area contributed by atoms with Gasteiger partial charge in [-0.25, -0.2) is 0 Å². The number of piperidine rings is 1. The van der Waals surface area contributed by atoms with Crippen molar-refractivity contribution < 1.29 is 8.42 Å². The van der Waals surface area contributed by atoms with E-state index in [9.17, 15) is 8.42 Å². The number of hydrogen-bond donors (Lipinski definition) is 0. The summed E-state index contributed by atoms with van der Waals surface area (Å²) in [5.74, 6) is 0.142. The van der Waals surface area contributed by atoms with Crippen LogP contribution in [0.4, 0.5) is 0 Å². The van der Waals surface area contributed by atoms with Crippen molar-refractivity contribution in [3.8, 4) is 0 Å². The first kappa shape index (κ1) is 21.2. The molecule has 28 heavy (non-hydrogen) atoms. The molecule has 0 aliphatic carbocycles. The van der Waals surface area contributed by atoms with E-state index in [-0.39, 0.29) is 5.92 Å². The molecule has 1 aliphatic heterocycles. The lowest BCUT2D eigenvalue weighted by Crippen LogP contribution is -2.47. The van der Waals surface area contributed by atoms with E-state index in [1.165, 1.54) is 9.87 Å². The molecule has 1 aromatic carbocycles. The molecule has 1 atom stereocenters. The van der Waals surface area contributed by atoms with Crippen molar-refractivity contribution in [1.29, 1.82) is 0 Å². The molecule has 5 nitrogen and oxygen atoms in total. The second-order valence-corrected chi connectivity index (χ2v) is 9.55. The highest BCUT2D eigenvalue weighted by atomic mass is 35.5. The molecule has 0 N–H and O–H groups in total. The molecule has 7 heteroatoms. The van der Waals surface area contributed by atoms with Crippen molar-refractivity contribution in [1.82, 2.24) is 13.6 Å². The Morgan fingerprint density at radius 2 is 1.79 bits per heavy atom. The van der Waals surface area contributed by atoms with E-state index in [0.717, 1.165) is 35.5 Å². The first-order valence-corrected chi connectivity index (χ1v) is 11.7. The molecule has 0 unspecified atom stereocenters. The molecule has 0 bridgehead atoms. The van der Waals surface area contributed by atoms with Gasteiger partial charge in [-0.3, -0.25) is 4.98 Å². The van der Waals surface area contributed by atoms with Crippen LogP contribution in [-0.4, -0.2) is 48.2 Å². The Bertz CT molecular complexity index is 866. The van der Waals surface area contributed by atoms with Crippen LogP contribution in [0.25, 0.3) is 0 Å². The first-order chi connectivity index (χ1) is 13.4. The molecule has 2 aromatic rings. The Hall–Kier alpha value is -1.47. The Morgan fingerprint density at radius 1 is 1.11 bits per heavy atom. The Labute approximate surface area is 173 Å². The van der Waals surface area contributed by atoms with E-state index in [4.69, 9.17) is 11.6 Å². The van der Waals surface area contributed by atoms with Gasteiger partial charge in [0.05, 0.1) is 0 Å². The molecule has 3 rings (SSSR count). The fraction of sp³-hybridized carbons (Fsp3) is 0.476. The Morgan fingerprint density at radius 3 is 2.39 bits per heavy atom. The quantitative estimate of drug-likeness (QED) is 0.676. The van der Waals surface area contributed by atoms with E-state index < -0.39 is 10.2 Å². The molecular formula is C21H28ClN3O2S. The van der Waals surface area contributed by atoms with Gasteiger partial charge in [0, 0.05) is 49.0 Å². The average Bonchev–Trinajstić information content (AvgIpc) is 2.71. The molecule has 1 aliphatic rings. The number of nitrogens with zero attached hydrogens (tertiary/aromatic N) is 3. The van der Waals surface area contributed by atoms with Crippen molar-refractivity contribution in [3.63, 3.8) is 0 Å². The highest BCUT2D eigenvalue weighted by molar-refractivity contribution is 7.86. The summed E-state index contributed by atoms with van der Waals surface area (Å²) in [7, 11) is -3.39. The van der Waals surface area contributed by atoms with Crippen LogP contribution in [0, 0.1) is 0 Å². The second kappa shape index (κ2) is 9.35. The van der Waals surface area contributed by atoms with E-state index in [1.54, 1.807) is 4.31 Å². The maximum Gasteiger partial charge on any atom is 0.281 e. The third kappa shape index (κ3) is 4.92. The Kier molecular flexibility index (Phi) is 7.10. The minimum absolute atomic E-state index is 0.142. The van der Waals surface area contributed by atoms with Crippen molar-refractivity contribution in [3.05, 3.63) is 64.4 Å². The molecular weight excluding hydrogens is 394 g/mol. The maximum atomic E-state index is 12.8. The van der Waals surface area contributed by atoms with E-state index in [0.29, 0.717) is 26.2 Å². The summed E-state index contributed by atoms with van der Waals surface area (Å²) in [6.45, 7) is 5.84. The largest absolute Gasteiger partial charge is 0.281 e. The van der Waals surface area contributed by atoms with Gasteiger partial charge in [-0.1, -0.05) is 43.6 Å². The van der Waals surface area contributed by atoms with Gasteiger partial charge < -0.3 is 0 Å². The predicted octanol–water partition coefficient (Wildman–Crippen LogP) is 4.09. The third-order valence-electron chi connectivity index (χ3n) is 5.33. The Balaban J connectivity index is 1.68. The third-order valence-corrected chi connectivity index (χ3v) is 7.73. The topological polar surface area (TPSA) is 53.5 Å². The highest BCUT2D eigenvalue weighted by Gasteiger charge is 2.33. The summed E-state index contributed by atoms with van der Waals surface area (Å²) in [4.78, 5) is 4.66. The number of aromatic nitrogens is 1. The average molecular weight is 422 g/mol. The zero-order chi connectivity index (χ0) is 20.1. The molecule has 0 spiro atoms. The molecule has 0 amide bonds. The summed E-state index contributed by atoms with van der Waals surface area (Å²) >= 11 is 5.94. The van der Waals surface area contributed by atoms with Crippen molar-refractivity contribution in [2.75, 3.05) is 26.2 Å². The normalized spacial score (nSPS) is 18.5. The SMILES string of the molecule is CCN(CC)S(=O)(=O)N1CCC[C@@H](c2ccc(Cc3ccc(Cl)cc3)cn2)C1. The summed E-state index contributed by atoms with van der Waals surface area (Å²) in [5, 5.41) is 0.735. The summed E-state index contributed by atoms with van der Waals surface area (Å²) in [5.41, 5.74) is 3.29. The van der Waals surface area contributed by atoms with E-state index in [1.807, 2.05) is 50.4 Å². The lowest BCUT2D eigenvalue weighted by molar-refractivity contribution is 0.285. The first-order valence-electron chi connectivity index (χ1n) is 9.88. The zero-order valence-corrected chi connectivity index (χ0v) is 18.1. The van der Waals surface area contributed by atoms with Crippen LogP contribution in [-0.2, 0) is 16.6 Å². The lowest BCUT2D eigenvalue weighted by Gasteiger charge is -2.34. The second-order valence-electron chi connectivity index (χ2n) is 7.18. The predicted molar refractivity (Wildman–Crippen MR) is 114 cm³/mol. The van der Waals surface area contributed by atoms with Gasteiger partial charge in [-0.2, -0.15) is 17.0 Å². The minimum atomic E-state index is -3.39. The van der Waals surface area contributed by atoms with E-state index >= 15 is 0 Å². The lowest BCUT2D eigenvalue weighted by atomic mass is 9.95. The minimum Gasteiger partial charge on any atom is -0.261 e. The molecule has 152 valence electrons.